The van der Waals surface area contributed by atoms with Gasteiger partial charge in [-0.3, -0.25) is 10.1 Å². The molecule has 0 saturated carbocycles. The van der Waals surface area contributed by atoms with Crippen molar-refractivity contribution in [2.75, 3.05) is 27.2 Å². The summed E-state index contributed by atoms with van der Waals surface area (Å²) in [5.41, 5.74) is 0.477. The van der Waals surface area contributed by atoms with Crippen LogP contribution in [0.3, 0.4) is 0 Å². The maximum Gasteiger partial charge on any atom is 0.270 e. The number of likely N-dealkylation sites (N-methyl/N-ethyl adjacent to an activating group) is 1. The summed E-state index contributed by atoms with van der Waals surface area (Å²) in [4.78, 5) is 16.3. The van der Waals surface area contributed by atoms with Gasteiger partial charge >= 0.3 is 0 Å². The molecule has 0 bridgehead atoms. The van der Waals surface area contributed by atoms with E-state index in [-0.39, 0.29) is 17.1 Å². The summed E-state index contributed by atoms with van der Waals surface area (Å²) in [7, 11) is -0.454. The molecule has 2 aromatic rings. The monoisotopic (exact) mass is 406 g/mol. The van der Waals surface area contributed by atoms with Crippen LogP contribution in [0.4, 0.5) is 11.4 Å². The molecule has 0 radical (unpaired) electrons. The summed E-state index contributed by atoms with van der Waals surface area (Å²) < 4.78 is 32.2. The predicted octanol–water partition coefficient (Wildman–Crippen LogP) is 2.56. The van der Waals surface area contributed by atoms with Crippen LogP contribution in [-0.2, 0) is 10.0 Å². The van der Waals surface area contributed by atoms with Crippen LogP contribution in [0.2, 0.25) is 0 Å². The van der Waals surface area contributed by atoms with E-state index in [9.17, 15) is 18.5 Å². The number of nitrogens with zero attached hydrogens (tertiary/aromatic N) is 3. The molecule has 0 fully saturated rings. The minimum atomic E-state index is -3.84. The van der Waals surface area contributed by atoms with Gasteiger partial charge in [0.2, 0.25) is 10.0 Å². The van der Waals surface area contributed by atoms with Gasteiger partial charge in [-0.05, 0) is 37.3 Å². The van der Waals surface area contributed by atoms with E-state index in [2.05, 4.69) is 9.71 Å². The molecule has 0 amide bonds. The Morgan fingerprint density at radius 1 is 1.25 bits per heavy atom. The summed E-state index contributed by atoms with van der Waals surface area (Å²) in [6.45, 7) is 2.32. The van der Waals surface area contributed by atoms with Gasteiger partial charge in [-0.25, -0.2) is 18.1 Å². The van der Waals surface area contributed by atoms with Crippen molar-refractivity contribution in [2.45, 2.75) is 11.8 Å². The third-order valence-electron chi connectivity index (χ3n) is 3.99. The number of nitro groups is 1. The fourth-order valence-electron chi connectivity index (χ4n) is 2.29. The van der Waals surface area contributed by atoms with Crippen LogP contribution in [0.5, 0.6) is 5.75 Å². The minimum absolute atomic E-state index is 0.122. The summed E-state index contributed by atoms with van der Waals surface area (Å²) in [5.74, 6) is 1.44. The average molecular weight is 406 g/mol. The van der Waals surface area contributed by atoms with Crippen molar-refractivity contribution in [1.82, 2.24) is 9.62 Å². The van der Waals surface area contributed by atoms with Crippen molar-refractivity contribution >= 4 is 27.2 Å². The minimum Gasteiger partial charge on any atom is -0.497 e. The quantitative estimate of drug-likeness (QED) is 0.312. The molecule has 0 aliphatic rings. The van der Waals surface area contributed by atoms with Gasteiger partial charge < -0.3 is 9.64 Å². The van der Waals surface area contributed by atoms with Gasteiger partial charge in [0.1, 0.15) is 11.6 Å². The number of hydrogen-bond acceptors (Lipinski definition) is 6. The fourth-order valence-corrected chi connectivity index (χ4v) is 3.35. The van der Waals surface area contributed by atoms with E-state index in [0.717, 1.165) is 17.5 Å². The zero-order valence-corrected chi connectivity index (χ0v) is 16.6. The Morgan fingerprint density at radius 2 is 1.93 bits per heavy atom. The number of aliphatic imine (C=N–C) groups is 1. The second-order valence-corrected chi connectivity index (χ2v) is 7.70. The lowest BCUT2D eigenvalue weighted by Gasteiger charge is -2.19. The molecule has 1 N–H and O–H groups in total. The van der Waals surface area contributed by atoms with Gasteiger partial charge in [0.25, 0.3) is 5.69 Å². The molecular formula is C18H22N4O5S. The molecule has 0 aromatic heterocycles. The van der Waals surface area contributed by atoms with Crippen molar-refractivity contribution in [3.63, 3.8) is 0 Å². The fraction of sp³-hybridized carbons (Fsp3) is 0.278. The highest BCUT2D eigenvalue weighted by atomic mass is 32.2. The summed E-state index contributed by atoms with van der Waals surface area (Å²) in [5, 5.41) is 10.8. The van der Waals surface area contributed by atoms with E-state index >= 15 is 0 Å². The van der Waals surface area contributed by atoms with Crippen molar-refractivity contribution in [1.29, 1.82) is 0 Å². The summed E-state index contributed by atoms with van der Waals surface area (Å²) >= 11 is 0. The Morgan fingerprint density at radius 3 is 2.54 bits per heavy atom. The van der Waals surface area contributed by atoms with E-state index in [1.807, 2.05) is 19.1 Å². The van der Waals surface area contributed by atoms with Crippen LogP contribution in [0, 0.1) is 10.1 Å². The van der Waals surface area contributed by atoms with E-state index in [1.165, 1.54) is 18.2 Å². The van der Waals surface area contributed by atoms with Crippen molar-refractivity contribution in [3.8, 4) is 5.75 Å². The van der Waals surface area contributed by atoms with Crippen molar-refractivity contribution in [2.24, 2.45) is 4.99 Å². The molecule has 150 valence electrons. The third kappa shape index (κ3) is 5.76. The molecule has 10 heteroatoms. The first kappa shape index (κ1) is 21.3. The molecule has 2 aromatic carbocycles. The highest BCUT2D eigenvalue weighted by Crippen LogP contribution is 2.18. The molecule has 0 saturated heterocycles. The topological polar surface area (TPSA) is 114 Å². The average Bonchev–Trinajstić information content (AvgIpc) is 2.68. The van der Waals surface area contributed by atoms with Crippen molar-refractivity contribution in [3.05, 3.63) is 58.6 Å². The second kappa shape index (κ2) is 9.29. The molecule has 0 spiro atoms. The molecule has 0 aliphatic carbocycles. The van der Waals surface area contributed by atoms with Crippen molar-refractivity contribution < 1.29 is 18.1 Å². The Bertz CT molecular complexity index is 958. The standard InChI is InChI=1S/C18H22N4O5S/c1-14(20-15-7-9-17(27-3)10-8-15)21(2)12-11-19-28(25,26)18-6-4-5-16(13-18)22(23)24/h4-10,13,19H,11-12H2,1-3H3. The zero-order valence-electron chi connectivity index (χ0n) is 15.8. The van der Waals surface area contributed by atoms with E-state index in [1.54, 1.807) is 31.2 Å². The molecule has 2 rings (SSSR count). The molecule has 28 heavy (non-hydrogen) atoms. The number of amidine groups is 1. The van der Waals surface area contributed by atoms with Crippen LogP contribution in [0.1, 0.15) is 6.92 Å². The number of methoxy groups -OCH3 is 1. The number of non-ortho nitro benzene ring substituents is 1. The first-order valence-electron chi connectivity index (χ1n) is 8.37. The number of nitrogens with one attached hydrogen (secondary N) is 1. The lowest BCUT2D eigenvalue weighted by atomic mass is 10.3. The Kier molecular flexibility index (Phi) is 7.07. The van der Waals surface area contributed by atoms with Gasteiger partial charge in [-0.1, -0.05) is 6.07 Å². The largest absolute Gasteiger partial charge is 0.497 e. The van der Waals surface area contributed by atoms with Gasteiger partial charge in [-0.15, -0.1) is 0 Å². The highest BCUT2D eigenvalue weighted by molar-refractivity contribution is 7.89. The first-order valence-corrected chi connectivity index (χ1v) is 9.86. The van der Waals surface area contributed by atoms with Gasteiger partial charge in [0.05, 0.1) is 22.6 Å². The smallest absolute Gasteiger partial charge is 0.270 e. The molecule has 9 nitrogen and oxygen atoms in total. The van der Waals surface area contributed by atoms with E-state index in [0.29, 0.717) is 12.4 Å². The van der Waals surface area contributed by atoms with Crippen LogP contribution in [0.15, 0.2) is 58.4 Å². The highest BCUT2D eigenvalue weighted by Gasteiger charge is 2.17. The second-order valence-electron chi connectivity index (χ2n) is 5.93. The maximum atomic E-state index is 12.3. The third-order valence-corrected chi connectivity index (χ3v) is 5.45. The molecule has 0 unspecified atom stereocenters. The summed E-state index contributed by atoms with van der Waals surface area (Å²) in [6.07, 6.45) is 0. The zero-order chi connectivity index (χ0) is 20.7. The lowest BCUT2D eigenvalue weighted by Crippen LogP contribution is -2.35. The predicted molar refractivity (Wildman–Crippen MR) is 107 cm³/mol. The number of rotatable bonds is 8. The maximum absolute atomic E-state index is 12.3. The number of hydrogen-bond donors (Lipinski definition) is 1. The summed E-state index contributed by atoms with van der Waals surface area (Å²) in [6, 6.07) is 12.2. The van der Waals surface area contributed by atoms with Gasteiger partial charge in [0, 0.05) is 32.3 Å². The van der Waals surface area contributed by atoms with Crippen LogP contribution in [0.25, 0.3) is 0 Å². The Balaban J connectivity index is 1.96. The van der Waals surface area contributed by atoms with E-state index < -0.39 is 14.9 Å². The number of sulfonamides is 1. The molecule has 0 aliphatic heterocycles. The number of ether oxygens (including phenoxy) is 1. The van der Waals surface area contributed by atoms with Crippen LogP contribution < -0.4 is 9.46 Å². The molecule has 0 atom stereocenters. The Labute approximate surface area is 163 Å². The van der Waals surface area contributed by atoms with Gasteiger partial charge in [-0.2, -0.15) is 0 Å². The SMILES string of the molecule is COc1ccc(N=C(C)N(C)CCNS(=O)(=O)c2cccc([N+](=O)[O-])c2)cc1. The Hall–Kier alpha value is -2.98. The first-order chi connectivity index (χ1) is 13.2. The van der Waals surface area contributed by atoms with Crippen LogP contribution >= 0.6 is 0 Å². The molecular weight excluding hydrogens is 384 g/mol. The normalized spacial score (nSPS) is 11.9. The van der Waals surface area contributed by atoms with E-state index in [4.69, 9.17) is 4.74 Å². The molecule has 0 heterocycles. The number of nitro benzene ring substituents is 1. The number of benzene rings is 2. The van der Waals surface area contributed by atoms with Gasteiger partial charge in [0.15, 0.2) is 0 Å². The van der Waals surface area contributed by atoms with Crippen LogP contribution in [-0.4, -0.2) is 51.3 Å². The lowest BCUT2D eigenvalue weighted by molar-refractivity contribution is -0.385.